The number of pyridine rings is 1. The lowest BCUT2D eigenvalue weighted by Crippen LogP contribution is -2.35. The number of aliphatic hydroxyl groups is 1. The summed E-state index contributed by atoms with van der Waals surface area (Å²) in [6, 6.07) is 12.8. The van der Waals surface area contributed by atoms with Crippen molar-refractivity contribution in [2.45, 2.75) is 43.1 Å². The Morgan fingerprint density at radius 3 is 2.44 bits per heavy atom. The molecule has 146 valence electrons. The number of nitrogens with zero attached hydrogens (tertiary/aromatic N) is 2. The molecule has 1 unspecified atom stereocenters. The van der Waals surface area contributed by atoms with Crippen molar-refractivity contribution in [3.63, 3.8) is 0 Å². The molecular formula is C20H27N3O3S. The SMILES string of the molecule is CC(O)(CCNc1ccc(S(=O)(=O)N2CCCCC2)cn1)c1ccccc1. The van der Waals surface area contributed by atoms with Crippen molar-refractivity contribution in [3.05, 3.63) is 54.2 Å². The van der Waals surface area contributed by atoms with Crippen molar-refractivity contribution in [1.29, 1.82) is 0 Å². The number of nitrogens with one attached hydrogen (secondary N) is 1. The van der Waals surface area contributed by atoms with E-state index in [1.165, 1.54) is 10.5 Å². The number of sulfonamides is 1. The summed E-state index contributed by atoms with van der Waals surface area (Å²) < 4.78 is 26.8. The van der Waals surface area contributed by atoms with Gasteiger partial charge in [0, 0.05) is 25.8 Å². The summed E-state index contributed by atoms with van der Waals surface area (Å²) in [4.78, 5) is 4.46. The van der Waals surface area contributed by atoms with E-state index in [1.807, 2.05) is 30.3 Å². The molecule has 1 atom stereocenters. The molecule has 2 N–H and O–H groups in total. The number of anilines is 1. The van der Waals surface area contributed by atoms with Gasteiger partial charge in [0.15, 0.2) is 0 Å². The highest BCUT2D eigenvalue weighted by molar-refractivity contribution is 7.89. The van der Waals surface area contributed by atoms with Crippen LogP contribution in [0, 0.1) is 0 Å². The van der Waals surface area contributed by atoms with Crippen LogP contribution in [0.5, 0.6) is 0 Å². The molecule has 0 amide bonds. The second-order valence-corrected chi connectivity index (χ2v) is 9.10. The van der Waals surface area contributed by atoms with Crippen LogP contribution >= 0.6 is 0 Å². The lowest BCUT2D eigenvalue weighted by molar-refractivity contribution is 0.0515. The number of benzene rings is 1. The zero-order valence-electron chi connectivity index (χ0n) is 15.6. The third kappa shape index (κ3) is 4.86. The Morgan fingerprint density at radius 2 is 1.81 bits per heavy atom. The van der Waals surface area contributed by atoms with Crippen molar-refractivity contribution in [3.8, 4) is 0 Å². The van der Waals surface area contributed by atoms with E-state index in [1.54, 1.807) is 19.1 Å². The van der Waals surface area contributed by atoms with Crippen molar-refractivity contribution in [2.75, 3.05) is 25.0 Å². The molecule has 1 saturated heterocycles. The summed E-state index contributed by atoms with van der Waals surface area (Å²) >= 11 is 0. The van der Waals surface area contributed by atoms with Gasteiger partial charge in [-0.25, -0.2) is 13.4 Å². The minimum absolute atomic E-state index is 0.228. The average molecular weight is 390 g/mol. The van der Waals surface area contributed by atoms with Crippen LogP contribution in [0.25, 0.3) is 0 Å². The lowest BCUT2D eigenvalue weighted by Gasteiger charge is -2.25. The fourth-order valence-corrected chi connectivity index (χ4v) is 4.73. The first-order valence-electron chi connectivity index (χ1n) is 9.38. The largest absolute Gasteiger partial charge is 0.385 e. The Kier molecular flexibility index (Phi) is 6.14. The Labute approximate surface area is 161 Å². The van der Waals surface area contributed by atoms with Gasteiger partial charge in [-0.15, -0.1) is 0 Å². The van der Waals surface area contributed by atoms with Crippen LogP contribution in [0.3, 0.4) is 0 Å². The summed E-state index contributed by atoms with van der Waals surface area (Å²) in [6.45, 7) is 3.46. The summed E-state index contributed by atoms with van der Waals surface area (Å²) in [6.07, 6.45) is 4.81. The summed E-state index contributed by atoms with van der Waals surface area (Å²) in [5.74, 6) is 0.594. The zero-order chi connectivity index (χ0) is 19.3. The highest BCUT2D eigenvalue weighted by Gasteiger charge is 2.26. The van der Waals surface area contributed by atoms with Crippen molar-refractivity contribution in [1.82, 2.24) is 9.29 Å². The molecule has 27 heavy (non-hydrogen) atoms. The van der Waals surface area contributed by atoms with Crippen molar-refractivity contribution < 1.29 is 13.5 Å². The maximum Gasteiger partial charge on any atom is 0.244 e. The Morgan fingerprint density at radius 1 is 1.11 bits per heavy atom. The minimum Gasteiger partial charge on any atom is -0.385 e. The fraction of sp³-hybridized carbons (Fsp3) is 0.450. The van der Waals surface area contributed by atoms with Gasteiger partial charge in [-0.05, 0) is 43.9 Å². The number of rotatable bonds is 7. The first kappa shape index (κ1) is 19.8. The molecule has 0 bridgehead atoms. The summed E-state index contributed by atoms with van der Waals surface area (Å²) in [5.41, 5.74) is -0.0750. The molecule has 0 spiro atoms. The highest BCUT2D eigenvalue weighted by Crippen LogP contribution is 2.24. The van der Waals surface area contributed by atoms with E-state index in [9.17, 15) is 13.5 Å². The quantitative estimate of drug-likeness (QED) is 0.761. The number of hydrogen-bond donors (Lipinski definition) is 2. The molecular weight excluding hydrogens is 362 g/mol. The molecule has 0 saturated carbocycles. The third-order valence-electron chi connectivity index (χ3n) is 5.00. The van der Waals surface area contributed by atoms with Crippen LogP contribution in [0.4, 0.5) is 5.82 Å². The number of hydrogen-bond acceptors (Lipinski definition) is 5. The van der Waals surface area contributed by atoms with Crippen molar-refractivity contribution in [2.24, 2.45) is 0 Å². The molecule has 1 aliphatic heterocycles. The van der Waals surface area contributed by atoms with E-state index in [0.29, 0.717) is 31.9 Å². The second-order valence-electron chi connectivity index (χ2n) is 7.16. The molecule has 1 fully saturated rings. The van der Waals surface area contributed by atoms with Crippen LogP contribution in [0.2, 0.25) is 0 Å². The van der Waals surface area contributed by atoms with Crippen LogP contribution in [0.1, 0.15) is 38.2 Å². The van der Waals surface area contributed by atoms with Gasteiger partial charge in [-0.1, -0.05) is 36.8 Å². The zero-order valence-corrected chi connectivity index (χ0v) is 16.5. The topological polar surface area (TPSA) is 82.5 Å². The van der Waals surface area contributed by atoms with E-state index >= 15 is 0 Å². The molecule has 2 aromatic rings. The van der Waals surface area contributed by atoms with Crippen LogP contribution in [0.15, 0.2) is 53.6 Å². The van der Waals surface area contributed by atoms with Gasteiger partial charge in [0.25, 0.3) is 0 Å². The average Bonchev–Trinajstić information content (AvgIpc) is 2.70. The molecule has 6 nitrogen and oxygen atoms in total. The smallest absolute Gasteiger partial charge is 0.244 e. The Balaban J connectivity index is 1.58. The monoisotopic (exact) mass is 389 g/mol. The maximum absolute atomic E-state index is 12.6. The summed E-state index contributed by atoms with van der Waals surface area (Å²) in [7, 11) is -3.46. The van der Waals surface area contributed by atoms with Gasteiger partial charge in [0.1, 0.15) is 10.7 Å². The highest BCUT2D eigenvalue weighted by atomic mass is 32.2. The van der Waals surface area contributed by atoms with Crippen molar-refractivity contribution >= 4 is 15.8 Å². The van der Waals surface area contributed by atoms with E-state index in [0.717, 1.165) is 24.8 Å². The molecule has 1 aromatic carbocycles. The van der Waals surface area contributed by atoms with Crippen LogP contribution in [-0.2, 0) is 15.6 Å². The van der Waals surface area contributed by atoms with Gasteiger partial charge >= 0.3 is 0 Å². The van der Waals surface area contributed by atoms with Gasteiger partial charge in [-0.3, -0.25) is 0 Å². The van der Waals surface area contributed by atoms with Crippen LogP contribution in [-0.4, -0.2) is 42.4 Å². The predicted molar refractivity (Wildman–Crippen MR) is 106 cm³/mol. The Hall–Kier alpha value is -1.96. The third-order valence-corrected chi connectivity index (χ3v) is 6.88. The van der Waals surface area contributed by atoms with E-state index in [4.69, 9.17) is 0 Å². The molecule has 1 aliphatic rings. The number of aromatic nitrogens is 1. The summed E-state index contributed by atoms with van der Waals surface area (Å²) in [5, 5.41) is 13.8. The lowest BCUT2D eigenvalue weighted by atomic mass is 9.93. The first-order chi connectivity index (χ1) is 12.9. The molecule has 0 aliphatic carbocycles. The molecule has 3 rings (SSSR count). The van der Waals surface area contributed by atoms with E-state index < -0.39 is 15.6 Å². The molecule has 1 aromatic heterocycles. The predicted octanol–water partition coefficient (Wildman–Crippen LogP) is 2.97. The Bertz CT molecular complexity index is 831. The first-order valence-corrected chi connectivity index (χ1v) is 10.8. The molecule has 7 heteroatoms. The minimum atomic E-state index is -3.46. The van der Waals surface area contributed by atoms with E-state index in [2.05, 4.69) is 10.3 Å². The van der Waals surface area contributed by atoms with Crippen LogP contribution < -0.4 is 5.32 Å². The normalized spacial score (nSPS) is 18.0. The second kappa shape index (κ2) is 8.37. The van der Waals surface area contributed by atoms with E-state index in [-0.39, 0.29) is 4.90 Å². The molecule has 2 heterocycles. The van der Waals surface area contributed by atoms with Gasteiger partial charge < -0.3 is 10.4 Å². The molecule has 0 radical (unpaired) electrons. The standard InChI is InChI=1S/C20H27N3O3S/c1-20(24,17-8-4-2-5-9-17)12-13-21-19-11-10-18(16-22-19)27(25,26)23-14-6-3-7-15-23/h2,4-5,8-11,16,24H,3,6-7,12-15H2,1H3,(H,21,22). The van der Waals surface area contributed by atoms with Gasteiger partial charge in [0.2, 0.25) is 10.0 Å². The van der Waals surface area contributed by atoms with Gasteiger partial charge in [-0.2, -0.15) is 4.31 Å². The number of piperidine rings is 1. The van der Waals surface area contributed by atoms with Gasteiger partial charge in [0.05, 0.1) is 5.60 Å². The fourth-order valence-electron chi connectivity index (χ4n) is 3.27. The maximum atomic E-state index is 12.6.